The minimum Gasteiger partial charge on any atom is -0.491 e. The second kappa shape index (κ2) is 11.1. The summed E-state index contributed by atoms with van der Waals surface area (Å²) in [6.45, 7) is 2.94. The van der Waals surface area contributed by atoms with Gasteiger partial charge in [0.2, 0.25) is 0 Å². The van der Waals surface area contributed by atoms with Crippen LogP contribution in [-0.2, 0) is 28.4 Å². The van der Waals surface area contributed by atoms with Gasteiger partial charge in [-0.05, 0) is 91.2 Å². The molecule has 0 saturated heterocycles. The van der Waals surface area contributed by atoms with Crippen molar-refractivity contribution in [3.63, 3.8) is 0 Å². The summed E-state index contributed by atoms with van der Waals surface area (Å²) in [6, 6.07) is 20.5. The summed E-state index contributed by atoms with van der Waals surface area (Å²) in [5.74, 6) is 1.52. The molecule has 1 N–H and O–H groups in total. The first kappa shape index (κ1) is 27.6. The van der Waals surface area contributed by atoms with Crippen LogP contribution in [0.15, 0.2) is 73.1 Å². The van der Waals surface area contributed by atoms with Crippen LogP contribution >= 0.6 is 11.6 Å². The van der Waals surface area contributed by atoms with Crippen LogP contribution in [0.25, 0.3) is 11.0 Å². The molecule has 1 saturated carbocycles. The van der Waals surface area contributed by atoms with Crippen LogP contribution in [0, 0.1) is 11.8 Å². The molecule has 214 valence electrons. The molecular weight excluding hydrogens is 534 g/mol. The number of aryl methyl sites for hydroxylation is 1. The van der Waals surface area contributed by atoms with Gasteiger partial charge in [0.25, 0.3) is 0 Å². The van der Waals surface area contributed by atoms with Crippen LogP contribution in [0.5, 0.6) is 5.75 Å². The summed E-state index contributed by atoms with van der Waals surface area (Å²) in [5.41, 5.74) is 4.98. The van der Waals surface area contributed by atoms with Gasteiger partial charge in [0, 0.05) is 36.2 Å². The maximum absolute atomic E-state index is 13.3. The number of benzene rings is 2. The highest BCUT2D eigenvalue weighted by Crippen LogP contribution is 2.56. The minimum absolute atomic E-state index is 0.0282. The molecule has 4 aromatic rings. The second-order valence-electron chi connectivity index (χ2n) is 12.0. The Kier molecular flexibility index (Phi) is 7.45. The lowest BCUT2D eigenvalue weighted by Crippen LogP contribution is -2.53. The largest absolute Gasteiger partial charge is 0.491 e. The lowest BCUT2D eigenvalue weighted by Gasteiger charge is -2.47. The van der Waals surface area contributed by atoms with Crippen molar-refractivity contribution in [3.8, 4) is 5.75 Å². The third-order valence-electron chi connectivity index (χ3n) is 9.52. The number of rotatable bonds is 8. The molecule has 2 aromatic carbocycles. The van der Waals surface area contributed by atoms with Crippen LogP contribution in [0.1, 0.15) is 50.2 Å². The third-order valence-corrected chi connectivity index (χ3v) is 9.75. The third kappa shape index (κ3) is 5.07. The topological polar surface area (TPSA) is 65.4 Å². The predicted molar refractivity (Wildman–Crippen MR) is 164 cm³/mol. The number of carbonyl (C=O) groups is 1. The van der Waals surface area contributed by atoms with E-state index < -0.39 is 5.54 Å². The Morgan fingerprint density at radius 2 is 1.93 bits per heavy atom. The fourth-order valence-corrected chi connectivity index (χ4v) is 7.67. The SMILES string of the molecule is COC(=O)C1(Nc2cccc(Cl)c2)CCC2(CC1)c1ccccc1C[C@@H]2C[C@@H](C)COc1ccnc2ccn(C)c12. The molecule has 1 spiro atoms. The quantitative estimate of drug-likeness (QED) is 0.224. The van der Waals surface area contributed by atoms with E-state index in [0.29, 0.717) is 36.3 Å². The van der Waals surface area contributed by atoms with Gasteiger partial charge in [-0.3, -0.25) is 4.98 Å². The lowest BCUT2D eigenvalue weighted by molar-refractivity contribution is -0.148. The number of methoxy groups -OCH3 is 1. The Hall–Kier alpha value is -3.51. The van der Waals surface area contributed by atoms with Crippen molar-refractivity contribution < 1.29 is 14.3 Å². The number of hydrogen-bond donors (Lipinski definition) is 1. The molecule has 0 bridgehead atoms. The van der Waals surface area contributed by atoms with Crippen molar-refractivity contribution in [2.75, 3.05) is 19.0 Å². The van der Waals surface area contributed by atoms with Gasteiger partial charge < -0.3 is 19.4 Å². The van der Waals surface area contributed by atoms with E-state index in [0.717, 1.165) is 48.2 Å². The smallest absolute Gasteiger partial charge is 0.331 e. The van der Waals surface area contributed by atoms with Gasteiger partial charge in [-0.25, -0.2) is 4.79 Å². The summed E-state index contributed by atoms with van der Waals surface area (Å²) < 4.78 is 13.8. The number of anilines is 1. The molecule has 2 aliphatic carbocycles. The average molecular weight is 572 g/mol. The molecule has 0 radical (unpaired) electrons. The number of aromatic nitrogens is 2. The van der Waals surface area contributed by atoms with E-state index in [-0.39, 0.29) is 11.4 Å². The molecule has 6 nitrogen and oxygen atoms in total. The van der Waals surface area contributed by atoms with E-state index in [1.165, 1.54) is 18.2 Å². The second-order valence-corrected chi connectivity index (χ2v) is 12.5. The van der Waals surface area contributed by atoms with Crippen LogP contribution in [0.2, 0.25) is 5.02 Å². The number of fused-ring (bicyclic) bond motifs is 3. The van der Waals surface area contributed by atoms with Gasteiger partial charge in [0.15, 0.2) is 0 Å². The summed E-state index contributed by atoms with van der Waals surface area (Å²) >= 11 is 6.27. The van der Waals surface area contributed by atoms with Crippen LogP contribution in [0.4, 0.5) is 5.69 Å². The van der Waals surface area contributed by atoms with E-state index in [1.54, 1.807) is 0 Å². The first-order chi connectivity index (χ1) is 19.8. The fraction of sp³-hybridized carbons (Fsp3) is 0.412. The zero-order valence-electron chi connectivity index (χ0n) is 24.0. The number of ether oxygens (including phenoxy) is 2. The number of nitrogens with zero attached hydrogens (tertiary/aromatic N) is 2. The van der Waals surface area contributed by atoms with E-state index in [1.807, 2.05) is 55.8 Å². The summed E-state index contributed by atoms with van der Waals surface area (Å²) in [6.07, 6.45) is 9.19. The number of pyridine rings is 1. The highest BCUT2D eigenvalue weighted by Gasteiger charge is 2.54. The first-order valence-corrected chi connectivity index (χ1v) is 14.9. The van der Waals surface area contributed by atoms with Crippen molar-refractivity contribution in [3.05, 3.63) is 89.2 Å². The molecule has 2 atom stereocenters. The number of esters is 1. The van der Waals surface area contributed by atoms with Crippen molar-refractivity contribution in [2.45, 2.75) is 56.4 Å². The molecule has 2 aromatic heterocycles. The average Bonchev–Trinajstić information content (AvgIpc) is 3.50. The van der Waals surface area contributed by atoms with Gasteiger partial charge in [0.05, 0.1) is 19.2 Å². The first-order valence-electron chi connectivity index (χ1n) is 14.6. The van der Waals surface area contributed by atoms with E-state index in [9.17, 15) is 4.79 Å². The highest BCUT2D eigenvalue weighted by atomic mass is 35.5. The Balaban J connectivity index is 1.22. The fourth-order valence-electron chi connectivity index (χ4n) is 7.48. The van der Waals surface area contributed by atoms with E-state index in [4.69, 9.17) is 21.1 Å². The van der Waals surface area contributed by atoms with E-state index in [2.05, 4.69) is 46.1 Å². The van der Waals surface area contributed by atoms with Gasteiger partial charge >= 0.3 is 5.97 Å². The zero-order valence-corrected chi connectivity index (χ0v) is 24.8. The predicted octanol–water partition coefficient (Wildman–Crippen LogP) is 7.34. The van der Waals surface area contributed by atoms with Crippen molar-refractivity contribution >= 4 is 34.3 Å². The molecule has 7 heteroatoms. The van der Waals surface area contributed by atoms with Crippen molar-refractivity contribution in [1.29, 1.82) is 0 Å². The van der Waals surface area contributed by atoms with Crippen molar-refractivity contribution in [2.24, 2.45) is 18.9 Å². The Morgan fingerprint density at radius 3 is 2.71 bits per heavy atom. The van der Waals surface area contributed by atoms with Gasteiger partial charge in [-0.2, -0.15) is 0 Å². The summed E-state index contributed by atoms with van der Waals surface area (Å²) in [7, 11) is 3.51. The molecule has 2 aliphatic rings. The van der Waals surface area contributed by atoms with Crippen LogP contribution < -0.4 is 10.1 Å². The molecular formula is C34H38ClN3O3. The molecule has 6 rings (SSSR count). The Morgan fingerprint density at radius 1 is 1.12 bits per heavy atom. The maximum atomic E-state index is 13.3. The molecule has 2 heterocycles. The molecule has 0 amide bonds. The number of nitrogens with one attached hydrogen (secondary N) is 1. The van der Waals surface area contributed by atoms with Gasteiger partial charge in [-0.1, -0.05) is 48.9 Å². The van der Waals surface area contributed by atoms with Gasteiger partial charge in [-0.15, -0.1) is 0 Å². The monoisotopic (exact) mass is 571 g/mol. The molecule has 41 heavy (non-hydrogen) atoms. The Labute approximate surface area is 247 Å². The normalized spacial score (nSPS) is 24.2. The number of hydrogen-bond acceptors (Lipinski definition) is 5. The molecule has 0 aliphatic heterocycles. The summed E-state index contributed by atoms with van der Waals surface area (Å²) in [4.78, 5) is 17.7. The summed E-state index contributed by atoms with van der Waals surface area (Å²) in [5, 5.41) is 4.18. The number of halogens is 1. The van der Waals surface area contributed by atoms with Gasteiger partial charge in [0.1, 0.15) is 16.8 Å². The van der Waals surface area contributed by atoms with E-state index >= 15 is 0 Å². The van der Waals surface area contributed by atoms with Crippen molar-refractivity contribution in [1.82, 2.24) is 9.55 Å². The highest BCUT2D eigenvalue weighted by molar-refractivity contribution is 6.30. The lowest BCUT2D eigenvalue weighted by atomic mass is 9.59. The molecule has 0 unspecified atom stereocenters. The Bertz CT molecular complexity index is 1560. The van der Waals surface area contributed by atoms with Crippen LogP contribution in [-0.4, -0.2) is 34.8 Å². The number of carbonyl (C=O) groups excluding carboxylic acids is 1. The van der Waals surface area contributed by atoms with Crippen LogP contribution in [0.3, 0.4) is 0 Å². The standard InChI is InChI=1S/C34H38ClN3O3/c1-23(22-41-30-11-17-36-29-12-18-38(2)31(29)30)19-25-20-24-7-4-5-10-28(24)33(25)13-15-34(16-14-33,32(39)40-3)37-27-9-6-8-26(35)21-27/h4-12,17-18,21,23,25,37H,13-16,19-20,22H2,1-3H3/t23-,25+,33?,34?/m1/s1. The zero-order chi connectivity index (χ0) is 28.6. The minimum atomic E-state index is -0.775. The maximum Gasteiger partial charge on any atom is 0.331 e. The molecule has 1 fully saturated rings.